The average molecular weight is 268 g/mol. The molecule has 0 aliphatic rings. The molecule has 104 valence electrons. The fourth-order valence-corrected chi connectivity index (χ4v) is 1.41. The number of nitrogens with zero attached hydrogens (tertiary/aromatic N) is 1. The first-order chi connectivity index (χ1) is 8.97. The van der Waals surface area contributed by atoms with Gasteiger partial charge in [-0.05, 0) is 12.1 Å². The molecule has 0 saturated heterocycles. The summed E-state index contributed by atoms with van der Waals surface area (Å²) in [4.78, 5) is 23.2. The number of amides is 2. The van der Waals surface area contributed by atoms with Crippen molar-refractivity contribution in [3.8, 4) is 11.5 Å². The molecule has 0 aliphatic heterocycles. The third-order valence-electron chi connectivity index (χ3n) is 2.35. The Bertz CT molecular complexity index is 475. The second kappa shape index (κ2) is 6.48. The van der Waals surface area contributed by atoms with Crippen LogP contribution in [0.2, 0.25) is 0 Å². The van der Waals surface area contributed by atoms with Crippen LogP contribution in [0.5, 0.6) is 11.5 Å². The van der Waals surface area contributed by atoms with E-state index in [9.17, 15) is 9.59 Å². The summed E-state index contributed by atoms with van der Waals surface area (Å²) in [6.07, 6.45) is 0. The Morgan fingerprint density at radius 1 is 1.26 bits per heavy atom. The number of hydrogen-bond donors (Lipinski definition) is 2. The lowest BCUT2D eigenvalue weighted by Gasteiger charge is -2.16. The number of nitrogens with one attached hydrogen (secondary N) is 1. The molecule has 0 heterocycles. The van der Waals surface area contributed by atoms with E-state index in [1.165, 1.54) is 21.3 Å². The molecule has 19 heavy (non-hydrogen) atoms. The van der Waals surface area contributed by atoms with E-state index in [-0.39, 0.29) is 6.54 Å². The number of carboxylic acid groups (broad SMARTS) is 1. The maximum absolute atomic E-state index is 11.7. The van der Waals surface area contributed by atoms with E-state index in [1.807, 2.05) is 0 Å². The number of anilines is 1. The Kier molecular flexibility index (Phi) is 4.99. The van der Waals surface area contributed by atoms with Gasteiger partial charge in [-0.15, -0.1) is 0 Å². The number of aliphatic carboxylic acids is 1. The van der Waals surface area contributed by atoms with Crippen LogP contribution in [0.4, 0.5) is 10.5 Å². The van der Waals surface area contributed by atoms with E-state index in [1.54, 1.807) is 18.2 Å². The van der Waals surface area contributed by atoms with Gasteiger partial charge in [-0.1, -0.05) is 0 Å². The zero-order chi connectivity index (χ0) is 14.4. The van der Waals surface area contributed by atoms with Gasteiger partial charge in [0.05, 0.1) is 14.2 Å². The lowest BCUT2D eigenvalue weighted by molar-refractivity contribution is -0.137. The number of ether oxygens (including phenoxy) is 2. The van der Waals surface area contributed by atoms with E-state index in [0.29, 0.717) is 17.2 Å². The van der Waals surface area contributed by atoms with Crippen LogP contribution in [0.1, 0.15) is 0 Å². The molecule has 1 rings (SSSR count). The van der Waals surface area contributed by atoms with E-state index in [4.69, 9.17) is 14.6 Å². The molecule has 0 radical (unpaired) electrons. The maximum Gasteiger partial charge on any atom is 0.323 e. The SMILES string of the molecule is COc1ccc(NC(=O)N(C)CC(=O)O)cc1OC. The minimum absolute atomic E-state index is 0.376. The minimum atomic E-state index is -1.08. The van der Waals surface area contributed by atoms with Crippen molar-refractivity contribution in [2.75, 3.05) is 33.1 Å². The molecule has 0 fully saturated rings. The summed E-state index contributed by atoms with van der Waals surface area (Å²) in [5, 5.41) is 11.2. The number of carboxylic acids is 1. The summed E-state index contributed by atoms with van der Waals surface area (Å²) in [5.74, 6) is -0.0643. The Morgan fingerprint density at radius 2 is 1.89 bits per heavy atom. The van der Waals surface area contributed by atoms with Gasteiger partial charge in [-0.3, -0.25) is 4.79 Å². The first-order valence-corrected chi connectivity index (χ1v) is 5.44. The zero-order valence-corrected chi connectivity index (χ0v) is 11.0. The van der Waals surface area contributed by atoms with Gasteiger partial charge in [0.2, 0.25) is 0 Å². The first kappa shape index (κ1) is 14.6. The number of benzene rings is 1. The average Bonchev–Trinajstić information content (AvgIpc) is 2.37. The van der Waals surface area contributed by atoms with Crippen LogP contribution < -0.4 is 14.8 Å². The van der Waals surface area contributed by atoms with Gasteiger partial charge in [0.15, 0.2) is 11.5 Å². The standard InChI is InChI=1S/C12H16N2O5/c1-14(7-11(15)16)12(17)13-8-4-5-9(18-2)10(6-8)19-3/h4-6H,7H2,1-3H3,(H,13,17)(H,15,16). The highest BCUT2D eigenvalue weighted by atomic mass is 16.5. The number of hydrogen-bond acceptors (Lipinski definition) is 4. The molecule has 1 aromatic rings. The fraction of sp³-hybridized carbons (Fsp3) is 0.333. The van der Waals surface area contributed by atoms with Crippen LogP contribution >= 0.6 is 0 Å². The number of carbonyl (C=O) groups is 2. The van der Waals surface area contributed by atoms with Crippen LogP contribution in [-0.4, -0.2) is 49.8 Å². The predicted molar refractivity (Wildman–Crippen MR) is 68.8 cm³/mol. The quantitative estimate of drug-likeness (QED) is 0.839. The number of likely N-dealkylation sites (N-methyl/N-ethyl adjacent to an activating group) is 1. The van der Waals surface area contributed by atoms with Crippen molar-refractivity contribution in [2.24, 2.45) is 0 Å². The first-order valence-electron chi connectivity index (χ1n) is 5.44. The van der Waals surface area contributed by atoms with Crippen molar-refractivity contribution in [3.05, 3.63) is 18.2 Å². The Balaban J connectivity index is 2.77. The molecule has 7 heteroatoms. The summed E-state index contributed by atoms with van der Waals surface area (Å²) in [6, 6.07) is 4.35. The van der Waals surface area contributed by atoms with Gasteiger partial charge in [-0.2, -0.15) is 0 Å². The molecule has 0 unspecified atom stereocenters. The van der Waals surface area contributed by atoms with Crippen LogP contribution in [0.3, 0.4) is 0 Å². The zero-order valence-electron chi connectivity index (χ0n) is 11.0. The molecule has 2 N–H and O–H groups in total. The second-order valence-electron chi connectivity index (χ2n) is 3.75. The summed E-state index contributed by atoms with van der Waals surface area (Å²) in [6.45, 7) is -0.376. The fourth-order valence-electron chi connectivity index (χ4n) is 1.41. The smallest absolute Gasteiger partial charge is 0.323 e. The highest BCUT2D eigenvalue weighted by Gasteiger charge is 2.13. The minimum Gasteiger partial charge on any atom is -0.493 e. The van der Waals surface area contributed by atoms with Gasteiger partial charge >= 0.3 is 12.0 Å². The highest BCUT2D eigenvalue weighted by Crippen LogP contribution is 2.29. The van der Waals surface area contributed by atoms with Crippen molar-refractivity contribution >= 4 is 17.7 Å². The third-order valence-corrected chi connectivity index (χ3v) is 2.35. The number of carbonyl (C=O) groups excluding carboxylic acids is 1. The van der Waals surface area contributed by atoms with E-state index < -0.39 is 12.0 Å². The topological polar surface area (TPSA) is 88.1 Å². The van der Waals surface area contributed by atoms with Gasteiger partial charge in [0.1, 0.15) is 6.54 Å². The van der Waals surface area contributed by atoms with Gasteiger partial charge < -0.3 is 24.8 Å². The van der Waals surface area contributed by atoms with Crippen molar-refractivity contribution in [3.63, 3.8) is 0 Å². The number of rotatable bonds is 5. The summed E-state index contributed by atoms with van der Waals surface area (Å²) in [5.41, 5.74) is 0.486. The largest absolute Gasteiger partial charge is 0.493 e. The molecule has 0 bridgehead atoms. The van der Waals surface area contributed by atoms with Crippen LogP contribution in [0, 0.1) is 0 Å². The van der Waals surface area contributed by atoms with Crippen molar-refractivity contribution in [2.45, 2.75) is 0 Å². The van der Waals surface area contributed by atoms with Crippen LogP contribution in [0.15, 0.2) is 18.2 Å². The summed E-state index contributed by atoms with van der Waals surface area (Å²) >= 11 is 0. The molecule has 2 amide bonds. The van der Waals surface area contributed by atoms with Gasteiger partial charge in [-0.25, -0.2) is 4.79 Å². The Hall–Kier alpha value is -2.44. The molecule has 0 saturated carbocycles. The van der Waals surface area contributed by atoms with Crippen LogP contribution in [-0.2, 0) is 4.79 Å². The second-order valence-corrected chi connectivity index (χ2v) is 3.75. The van der Waals surface area contributed by atoms with E-state index in [2.05, 4.69) is 5.32 Å². The number of urea groups is 1. The lowest BCUT2D eigenvalue weighted by Crippen LogP contribution is -2.35. The summed E-state index contributed by atoms with van der Waals surface area (Å²) in [7, 11) is 4.39. The normalized spacial score (nSPS) is 9.63. The Labute approximate surface area is 110 Å². The van der Waals surface area contributed by atoms with Gasteiger partial charge in [0, 0.05) is 18.8 Å². The Morgan fingerprint density at radius 3 is 2.42 bits per heavy atom. The highest BCUT2D eigenvalue weighted by molar-refractivity contribution is 5.91. The monoisotopic (exact) mass is 268 g/mol. The van der Waals surface area contributed by atoms with Crippen LogP contribution in [0.25, 0.3) is 0 Å². The molecule has 0 aromatic heterocycles. The molecule has 7 nitrogen and oxygen atoms in total. The molecule has 1 aromatic carbocycles. The maximum atomic E-state index is 11.7. The van der Waals surface area contributed by atoms with Crippen molar-refractivity contribution < 1.29 is 24.2 Å². The molecule has 0 atom stereocenters. The van der Waals surface area contributed by atoms with Crippen molar-refractivity contribution in [1.82, 2.24) is 4.90 Å². The van der Waals surface area contributed by atoms with E-state index in [0.717, 1.165) is 4.90 Å². The summed E-state index contributed by atoms with van der Waals surface area (Å²) < 4.78 is 10.2. The predicted octanol–water partition coefficient (Wildman–Crippen LogP) is 1.25. The van der Waals surface area contributed by atoms with E-state index >= 15 is 0 Å². The van der Waals surface area contributed by atoms with Gasteiger partial charge in [0.25, 0.3) is 0 Å². The molecule has 0 spiro atoms. The lowest BCUT2D eigenvalue weighted by atomic mass is 10.3. The molecule has 0 aliphatic carbocycles. The third kappa shape index (κ3) is 4.06. The molecular formula is C12H16N2O5. The van der Waals surface area contributed by atoms with Crippen molar-refractivity contribution in [1.29, 1.82) is 0 Å². The molecular weight excluding hydrogens is 252 g/mol. The number of methoxy groups -OCH3 is 2.